The van der Waals surface area contributed by atoms with Crippen LogP contribution in [0.1, 0.15) is 24.8 Å². The van der Waals surface area contributed by atoms with Gasteiger partial charge >= 0.3 is 0 Å². The van der Waals surface area contributed by atoms with E-state index in [1.807, 2.05) is 0 Å². The zero-order valence-corrected chi connectivity index (χ0v) is 19.4. The summed E-state index contributed by atoms with van der Waals surface area (Å²) < 4.78 is 50.4. The molecular weight excluding hydrogens is 442 g/mol. The molecule has 1 saturated heterocycles. The van der Waals surface area contributed by atoms with Crippen LogP contribution in [0.4, 0.5) is 0 Å². The van der Waals surface area contributed by atoms with E-state index in [1.54, 1.807) is 35.2 Å². The summed E-state index contributed by atoms with van der Waals surface area (Å²) in [5.41, 5.74) is 0.653. The molecule has 1 aliphatic rings. The molecule has 1 aliphatic heterocycles. The van der Waals surface area contributed by atoms with Gasteiger partial charge in [0.1, 0.15) is 15.9 Å². The summed E-state index contributed by atoms with van der Waals surface area (Å²) in [6.45, 7) is 1.07. The molecule has 31 heavy (non-hydrogen) atoms. The third-order valence-corrected chi connectivity index (χ3v) is 6.91. The van der Waals surface area contributed by atoms with Crippen molar-refractivity contribution in [2.45, 2.75) is 25.3 Å². The number of nitrogens with one attached hydrogen (secondary N) is 1. The second-order valence-corrected chi connectivity index (χ2v) is 11.5. The quantitative estimate of drug-likeness (QED) is 0.529. The van der Waals surface area contributed by atoms with Crippen LogP contribution < -0.4 is 4.72 Å². The number of carbonyl (C=O) groups is 2. The molecule has 1 unspecified atom stereocenters. The monoisotopic (exact) mass is 471 g/mol. The Morgan fingerprint density at radius 3 is 2.32 bits per heavy atom. The number of rotatable bonds is 10. The fourth-order valence-corrected chi connectivity index (χ4v) is 4.84. The molecule has 172 valence electrons. The highest BCUT2D eigenvalue weighted by atomic mass is 32.2. The first-order chi connectivity index (χ1) is 14.5. The van der Waals surface area contributed by atoms with Crippen LogP contribution in [0.25, 0.3) is 6.08 Å². The molecule has 9 nitrogen and oxygen atoms in total. The summed E-state index contributed by atoms with van der Waals surface area (Å²) >= 11 is 0. The second-order valence-electron chi connectivity index (χ2n) is 7.63. The number of likely N-dealkylation sites (tertiary alicyclic amines) is 1. The molecule has 0 spiro atoms. The van der Waals surface area contributed by atoms with Crippen molar-refractivity contribution in [1.82, 2.24) is 14.5 Å². The van der Waals surface area contributed by atoms with Gasteiger partial charge in [-0.3, -0.25) is 9.59 Å². The number of carbonyl (C=O) groups excluding carboxylic acids is 2. The number of sulfone groups is 1. The molecule has 1 heterocycles. The highest BCUT2D eigenvalue weighted by Gasteiger charge is 2.29. The average molecular weight is 472 g/mol. The van der Waals surface area contributed by atoms with Crippen molar-refractivity contribution in [3.63, 3.8) is 0 Å². The Morgan fingerprint density at radius 2 is 1.74 bits per heavy atom. The number of amides is 2. The van der Waals surface area contributed by atoms with Gasteiger partial charge in [-0.2, -0.15) is 4.72 Å². The Bertz CT molecular complexity index is 1000. The molecule has 0 saturated carbocycles. The van der Waals surface area contributed by atoms with Crippen LogP contribution in [0.2, 0.25) is 0 Å². The Labute approximate surface area is 184 Å². The van der Waals surface area contributed by atoms with Crippen molar-refractivity contribution in [2.24, 2.45) is 0 Å². The first kappa shape index (κ1) is 25.0. The predicted octanol–water partition coefficient (Wildman–Crippen LogP) is 0.461. The fraction of sp³-hybridized carbons (Fsp3) is 0.500. The van der Waals surface area contributed by atoms with Gasteiger partial charge in [-0.15, -0.1) is 0 Å². The molecule has 2 amide bonds. The Balaban J connectivity index is 2.11. The van der Waals surface area contributed by atoms with Gasteiger partial charge in [-0.1, -0.05) is 30.3 Å². The summed E-state index contributed by atoms with van der Waals surface area (Å²) in [4.78, 5) is 28.0. The van der Waals surface area contributed by atoms with Crippen molar-refractivity contribution in [1.29, 1.82) is 0 Å². The van der Waals surface area contributed by atoms with Crippen molar-refractivity contribution in [3.8, 4) is 0 Å². The van der Waals surface area contributed by atoms with E-state index in [1.165, 1.54) is 13.1 Å². The van der Waals surface area contributed by atoms with Crippen LogP contribution in [-0.2, 0) is 29.4 Å². The summed E-state index contributed by atoms with van der Waals surface area (Å²) in [6.07, 6.45) is 3.97. The highest BCUT2D eigenvalue weighted by Crippen LogP contribution is 2.10. The first-order valence-electron chi connectivity index (χ1n) is 9.93. The molecule has 0 radical (unpaired) electrons. The topological polar surface area (TPSA) is 121 Å². The van der Waals surface area contributed by atoms with E-state index in [0.717, 1.165) is 29.4 Å². The second kappa shape index (κ2) is 10.9. The Kier molecular flexibility index (Phi) is 8.78. The molecule has 0 aliphatic carbocycles. The van der Waals surface area contributed by atoms with Gasteiger partial charge in [0.25, 0.3) is 0 Å². The number of benzene rings is 1. The van der Waals surface area contributed by atoms with Crippen LogP contribution in [-0.4, -0.2) is 83.2 Å². The molecule has 0 bridgehead atoms. The van der Waals surface area contributed by atoms with Gasteiger partial charge in [0.15, 0.2) is 0 Å². The average Bonchev–Trinajstić information content (AvgIpc) is 3.24. The van der Waals surface area contributed by atoms with Crippen molar-refractivity contribution in [2.75, 3.05) is 38.7 Å². The molecule has 1 N–H and O–H groups in total. The van der Waals surface area contributed by atoms with E-state index in [9.17, 15) is 26.4 Å². The van der Waals surface area contributed by atoms with Crippen LogP contribution in [0, 0.1) is 0 Å². The Morgan fingerprint density at radius 1 is 1.13 bits per heavy atom. The zero-order chi connectivity index (χ0) is 23.1. The molecule has 11 heteroatoms. The maximum atomic E-state index is 12.9. The van der Waals surface area contributed by atoms with Crippen molar-refractivity contribution in [3.05, 3.63) is 41.3 Å². The molecule has 1 aromatic rings. The predicted molar refractivity (Wildman–Crippen MR) is 119 cm³/mol. The lowest BCUT2D eigenvalue weighted by atomic mass is 10.2. The summed E-state index contributed by atoms with van der Waals surface area (Å²) in [7, 11) is -6.06. The number of hydrogen-bond donors (Lipinski definition) is 1. The van der Waals surface area contributed by atoms with Crippen LogP contribution in [0.5, 0.6) is 0 Å². The highest BCUT2D eigenvalue weighted by molar-refractivity contribution is 7.92. The van der Waals surface area contributed by atoms with E-state index in [4.69, 9.17) is 0 Å². The van der Waals surface area contributed by atoms with Gasteiger partial charge in [0, 0.05) is 31.8 Å². The van der Waals surface area contributed by atoms with E-state index >= 15 is 0 Å². The van der Waals surface area contributed by atoms with Gasteiger partial charge in [-0.25, -0.2) is 16.8 Å². The van der Waals surface area contributed by atoms with Gasteiger partial charge in [0.05, 0.1) is 12.3 Å². The molecule has 2 rings (SSSR count). The number of hydrogen-bond acceptors (Lipinski definition) is 6. The van der Waals surface area contributed by atoms with Gasteiger partial charge in [0.2, 0.25) is 21.8 Å². The van der Waals surface area contributed by atoms with E-state index < -0.39 is 31.8 Å². The maximum absolute atomic E-state index is 12.9. The lowest BCUT2D eigenvalue weighted by Crippen LogP contribution is -2.50. The van der Waals surface area contributed by atoms with Crippen molar-refractivity contribution >= 4 is 37.8 Å². The zero-order valence-electron chi connectivity index (χ0n) is 17.7. The minimum absolute atomic E-state index is 0.199. The smallest absolute Gasteiger partial charge is 0.242 e. The molecular formula is C20H29N3O6S2. The maximum Gasteiger partial charge on any atom is 0.242 e. The largest absolute Gasteiger partial charge is 0.341 e. The third-order valence-electron chi connectivity index (χ3n) is 4.83. The summed E-state index contributed by atoms with van der Waals surface area (Å²) in [5, 5.41) is 0.929. The minimum atomic E-state index is -4.04. The molecule has 1 fully saturated rings. The minimum Gasteiger partial charge on any atom is -0.341 e. The van der Waals surface area contributed by atoms with E-state index in [-0.39, 0.29) is 24.6 Å². The van der Waals surface area contributed by atoms with Crippen LogP contribution in [0.3, 0.4) is 0 Å². The van der Waals surface area contributed by atoms with Gasteiger partial charge < -0.3 is 9.80 Å². The molecule has 1 atom stereocenters. The summed E-state index contributed by atoms with van der Waals surface area (Å²) in [5.74, 6) is -1.25. The van der Waals surface area contributed by atoms with E-state index in [0.29, 0.717) is 18.7 Å². The van der Waals surface area contributed by atoms with Crippen LogP contribution >= 0.6 is 0 Å². The first-order valence-corrected chi connectivity index (χ1v) is 13.5. The van der Waals surface area contributed by atoms with Gasteiger partial charge in [-0.05, 0) is 30.9 Å². The Hall–Kier alpha value is -2.24. The van der Waals surface area contributed by atoms with E-state index in [2.05, 4.69) is 4.72 Å². The SMILES string of the molecule is CN(CC(=O)N1CCCC1)C(=O)C(CCS(C)(=O)=O)NS(=O)(=O)/C=C/c1ccccc1. The number of sulfonamides is 1. The molecule has 0 aromatic heterocycles. The number of likely N-dealkylation sites (N-methyl/N-ethyl adjacent to an activating group) is 1. The van der Waals surface area contributed by atoms with Crippen molar-refractivity contribution < 1.29 is 26.4 Å². The number of nitrogens with zero attached hydrogens (tertiary/aromatic N) is 2. The van der Waals surface area contributed by atoms with Crippen LogP contribution in [0.15, 0.2) is 35.7 Å². The lowest BCUT2D eigenvalue weighted by molar-refractivity contribution is -0.139. The normalized spacial score (nSPS) is 15.9. The third kappa shape index (κ3) is 8.80. The fourth-order valence-electron chi connectivity index (χ4n) is 3.15. The standard InChI is InChI=1S/C20H29N3O6S2/c1-22(16-19(24)23-12-6-7-13-23)20(25)18(11-14-30(2,26)27)21-31(28,29)15-10-17-8-4-3-5-9-17/h3-5,8-10,15,18,21H,6-7,11-14,16H2,1-2H3/b15-10+. The lowest BCUT2D eigenvalue weighted by Gasteiger charge is -2.25. The molecule has 1 aromatic carbocycles. The summed E-state index contributed by atoms with van der Waals surface area (Å²) in [6, 6.07) is 7.43.